The SMILES string of the molecule is NCCOCCNC(=O)c1ccc(Nc2nccn3c(-c4cn(CC(F)F)nc4C(F)(F)F)cnc23)cc1F. The number of benzene rings is 1. The number of rotatable bonds is 11. The molecule has 16 heteroatoms. The van der Waals surface area contributed by atoms with E-state index in [-0.39, 0.29) is 41.6 Å². The van der Waals surface area contributed by atoms with Crippen LogP contribution in [0.1, 0.15) is 16.1 Å². The van der Waals surface area contributed by atoms with Gasteiger partial charge in [-0.05, 0) is 18.2 Å². The van der Waals surface area contributed by atoms with Gasteiger partial charge in [0.25, 0.3) is 12.3 Å². The number of carbonyl (C=O) groups is 1. The molecule has 0 unspecified atom stereocenters. The maximum atomic E-state index is 14.7. The average Bonchev–Trinajstić information content (AvgIpc) is 3.48. The molecule has 4 aromatic rings. The molecule has 0 aliphatic rings. The topological polar surface area (TPSA) is 124 Å². The number of nitrogens with one attached hydrogen (secondary N) is 2. The maximum absolute atomic E-state index is 14.7. The van der Waals surface area contributed by atoms with Crippen molar-refractivity contribution in [3.05, 3.63) is 60.1 Å². The Balaban J connectivity index is 1.58. The Bertz CT molecular complexity index is 1450. The van der Waals surface area contributed by atoms with Gasteiger partial charge in [-0.3, -0.25) is 13.9 Å². The number of carbonyl (C=O) groups excluding carboxylic acids is 1. The number of anilines is 2. The normalized spacial score (nSPS) is 11.9. The van der Waals surface area contributed by atoms with Gasteiger partial charge in [0.1, 0.15) is 12.4 Å². The van der Waals surface area contributed by atoms with Crippen LogP contribution in [0, 0.1) is 5.82 Å². The van der Waals surface area contributed by atoms with Crippen LogP contribution in [0.3, 0.4) is 0 Å². The van der Waals surface area contributed by atoms with Crippen molar-refractivity contribution in [2.24, 2.45) is 5.73 Å². The summed E-state index contributed by atoms with van der Waals surface area (Å²) < 4.78 is 88.0. The molecule has 0 atom stereocenters. The summed E-state index contributed by atoms with van der Waals surface area (Å²) >= 11 is 0. The van der Waals surface area contributed by atoms with E-state index in [2.05, 4.69) is 25.7 Å². The second-order valence-corrected chi connectivity index (χ2v) is 8.09. The molecule has 3 heterocycles. The van der Waals surface area contributed by atoms with Crippen LogP contribution in [0.15, 0.2) is 43.0 Å². The summed E-state index contributed by atoms with van der Waals surface area (Å²) in [6, 6.07) is 3.71. The van der Waals surface area contributed by atoms with E-state index in [9.17, 15) is 31.1 Å². The summed E-state index contributed by atoms with van der Waals surface area (Å²) in [5.41, 5.74) is 3.46. The highest BCUT2D eigenvalue weighted by Gasteiger charge is 2.38. The molecule has 0 saturated heterocycles. The summed E-state index contributed by atoms with van der Waals surface area (Å²) in [5.74, 6) is -1.43. The summed E-state index contributed by atoms with van der Waals surface area (Å²) in [6.45, 7) is 0.0124. The van der Waals surface area contributed by atoms with E-state index in [4.69, 9.17) is 10.5 Å². The minimum Gasteiger partial charge on any atom is -0.378 e. The van der Waals surface area contributed by atoms with Crippen molar-refractivity contribution in [2.45, 2.75) is 19.1 Å². The fourth-order valence-corrected chi connectivity index (χ4v) is 3.69. The minimum absolute atomic E-state index is 0.0611. The number of fused-ring (bicyclic) bond motifs is 1. The summed E-state index contributed by atoms with van der Waals surface area (Å²) in [4.78, 5) is 20.5. The molecule has 0 fully saturated rings. The zero-order valence-corrected chi connectivity index (χ0v) is 20.1. The second kappa shape index (κ2) is 11.7. The lowest BCUT2D eigenvalue weighted by Gasteiger charge is -2.10. The van der Waals surface area contributed by atoms with Gasteiger partial charge in [-0.1, -0.05) is 0 Å². The number of nitrogens with zero attached hydrogens (tertiary/aromatic N) is 5. The Hall–Kier alpha value is -4.18. The van der Waals surface area contributed by atoms with E-state index in [1.165, 1.54) is 28.9 Å². The third-order valence-electron chi connectivity index (χ3n) is 5.33. The fourth-order valence-electron chi connectivity index (χ4n) is 3.69. The first kappa shape index (κ1) is 27.8. The molecule has 208 valence electrons. The third kappa shape index (κ3) is 6.46. The Morgan fingerprint density at radius 3 is 2.67 bits per heavy atom. The van der Waals surface area contributed by atoms with Crippen molar-refractivity contribution in [3.8, 4) is 11.3 Å². The Morgan fingerprint density at radius 2 is 1.97 bits per heavy atom. The maximum Gasteiger partial charge on any atom is 0.435 e. The molecule has 3 aromatic heterocycles. The van der Waals surface area contributed by atoms with E-state index >= 15 is 0 Å². The van der Waals surface area contributed by atoms with Crippen molar-refractivity contribution in [1.29, 1.82) is 0 Å². The third-order valence-corrected chi connectivity index (χ3v) is 5.33. The number of alkyl halides is 5. The largest absolute Gasteiger partial charge is 0.435 e. The quantitative estimate of drug-likeness (QED) is 0.191. The predicted octanol–water partition coefficient (Wildman–Crippen LogP) is 3.46. The predicted molar refractivity (Wildman–Crippen MR) is 127 cm³/mol. The summed E-state index contributed by atoms with van der Waals surface area (Å²) in [7, 11) is 0. The summed E-state index contributed by atoms with van der Waals surface area (Å²) in [5, 5.41) is 8.63. The van der Waals surface area contributed by atoms with Gasteiger partial charge >= 0.3 is 6.18 Å². The number of hydrogen-bond donors (Lipinski definition) is 3. The van der Waals surface area contributed by atoms with Crippen LogP contribution in [0.4, 0.5) is 37.8 Å². The number of amides is 1. The fraction of sp³-hybridized carbons (Fsp3) is 0.304. The lowest BCUT2D eigenvalue weighted by molar-refractivity contribution is -0.141. The van der Waals surface area contributed by atoms with Gasteiger partial charge in [-0.2, -0.15) is 18.3 Å². The van der Waals surface area contributed by atoms with Crippen LogP contribution in [0.2, 0.25) is 0 Å². The van der Waals surface area contributed by atoms with Gasteiger partial charge in [0.2, 0.25) is 0 Å². The molecule has 0 radical (unpaired) electrons. The van der Waals surface area contributed by atoms with Gasteiger partial charge in [0, 0.05) is 37.4 Å². The lowest BCUT2D eigenvalue weighted by Crippen LogP contribution is -2.28. The van der Waals surface area contributed by atoms with E-state index in [0.29, 0.717) is 17.8 Å². The molecule has 1 aromatic carbocycles. The number of aromatic nitrogens is 5. The highest BCUT2D eigenvalue weighted by molar-refractivity contribution is 5.95. The van der Waals surface area contributed by atoms with Crippen molar-refractivity contribution in [1.82, 2.24) is 29.5 Å². The molecule has 0 bridgehead atoms. The van der Waals surface area contributed by atoms with Crippen molar-refractivity contribution in [2.75, 3.05) is 31.6 Å². The van der Waals surface area contributed by atoms with Crippen molar-refractivity contribution < 1.29 is 35.9 Å². The van der Waals surface area contributed by atoms with Crippen LogP contribution in [0.5, 0.6) is 0 Å². The number of hydrogen-bond acceptors (Lipinski definition) is 7. The van der Waals surface area contributed by atoms with Crippen LogP contribution in [-0.4, -0.2) is 62.8 Å². The van der Waals surface area contributed by atoms with Gasteiger partial charge in [0.15, 0.2) is 17.2 Å². The van der Waals surface area contributed by atoms with E-state index in [1.54, 1.807) is 0 Å². The molecule has 0 spiro atoms. The van der Waals surface area contributed by atoms with Crippen LogP contribution in [0.25, 0.3) is 16.9 Å². The van der Waals surface area contributed by atoms with Crippen LogP contribution < -0.4 is 16.4 Å². The molecule has 4 N–H and O–H groups in total. The molecule has 1 amide bonds. The summed E-state index contributed by atoms with van der Waals surface area (Å²) in [6.07, 6.45) is -3.23. The molecular weight excluding hydrogens is 534 g/mol. The van der Waals surface area contributed by atoms with Gasteiger partial charge < -0.3 is 21.1 Å². The van der Waals surface area contributed by atoms with Gasteiger partial charge in [-0.15, -0.1) is 0 Å². The zero-order chi connectivity index (χ0) is 28.2. The molecule has 10 nitrogen and oxygen atoms in total. The molecule has 4 rings (SSSR count). The first-order valence-corrected chi connectivity index (χ1v) is 11.5. The molecule has 0 saturated carbocycles. The van der Waals surface area contributed by atoms with E-state index in [0.717, 1.165) is 18.5 Å². The Morgan fingerprint density at radius 1 is 1.18 bits per heavy atom. The Labute approximate surface area is 216 Å². The monoisotopic (exact) mass is 556 g/mol. The second-order valence-electron chi connectivity index (χ2n) is 8.09. The molecule has 0 aliphatic heterocycles. The standard InChI is InChI=1S/C23H22F6N8O2/c24-16-9-13(1-2-14(16)22(38)32-5-8-39-7-3-30)34-20-21-33-10-17(37(21)6-4-31-20)15-11-36(12-18(25)26)35-19(15)23(27,28)29/h1-2,4,6,9-11,18H,3,5,7-8,12,30H2,(H,31,34)(H,32,38). The number of nitrogens with two attached hydrogens (primary N) is 1. The van der Waals surface area contributed by atoms with Crippen LogP contribution >= 0.6 is 0 Å². The molecule has 39 heavy (non-hydrogen) atoms. The first-order valence-electron chi connectivity index (χ1n) is 11.5. The lowest BCUT2D eigenvalue weighted by atomic mass is 10.1. The van der Waals surface area contributed by atoms with E-state index < -0.39 is 42.1 Å². The van der Waals surface area contributed by atoms with E-state index in [1.807, 2.05) is 0 Å². The highest BCUT2D eigenvalue weighted by atomic mass is 19.4. The first-order chi connectivity index (χ1) is 18.6. The highest BCUT2D eigenvalue weighted by Crippen LogP contribution is 2.37. The molecular formula is C23H22F6N8O2. The van der Waals surface area contributed by atoms with Crippen molar-refractivity contribution >= 4 is 23.1 Å². The minimum atomic E-state index is -4.91. The number of halogens is 6. The van der Waals surface area contributed by atoms with Gasteiger partial charge in [0.05, 0.1) is 36.2 Å². The average molecular weight is 556 g/mol. The number of imidazole rings is 1. The van der Waals surface area contributed by atoms with Crippen LogP contribution in [-0.2, 0) is 17.5 Å². The Kier molecular flexibility index (Phi) is 8.35. The zero-order valence-electron chi connectivity index (χ0n) is 20.1. The smallest absolute Gasteiger partial charge is 0.378 e. The number of ether oxygens (including phenoxy) is 1. The molecule has 0 aliphatic carbocycles. The van der Waals surface area contributed by atoms with Gasteiger partial charge in [-0.25, -0.2) is 23.1 Å². The van der Waals surface area contributed by atoms with Crippen molar-refractivity contribution in [3.63, 3.8) is 0 Å².